The Bertz CT molecular complexity index is 1010. The van der Waals surface area contributed by atoms with Crippen LogP contribution in [0.4, 0.5) is 0 Å². The Labute approximate surface area is 207 Å². The van der Waals surface area contributed by atoms with E-state index in [1.54, 1.807) is 13.3 Å². The molecule has 0 bridgehead atoms. The molecule has 1 fully saturated rings. The number of fused-ring (bicyclic) bond motifs is 1. The van der Waals surface area contributed by atoms with E-state index in [1.165, 1.54) is 0 Å². The van der Waals surface area contributed by atoms with E-state index in [-0.39, 0.29) is 36.7 Å². The van der Waals surface area contributed by atoms with Crippen molar-refractivity contribution >= 4 is 21.8 Å². The molecule has 1 aliphatic heterocycles. The molecule has 1 saturated heterocycles. The summed E-state index contributed by atoms with van der Waals surface area (Å²) in [5.74, 6) is 0.205. The van der Waals surface area contributed by atoms with Crippen molar-refractivity contribution in [3.05, 3.63) is 47.8 Å². The van der Waals surface area contributed by atoms with E-state index in [9.17, 15) is 4.21 Å². The van der Waals surface area contributed by atoms with Gasteiger partial charge in [-0.2, -0.15) is 0 Å². The zero-order valence-corrected chi connectivity index (χ0v) is 20.9. The minimum absolute atomic E-state index is 0. The molecule has 0 saturated carbocycles. The van der Waals surface area contributed by atoms with Crippen molar-refractivity contribution in [2.45, 2.75) is 30.0 Å². The van der Waals surface area contributed by atoms with Gasteiger partial charge in [-0.15, -0.1) is 0 Å². The van der Waals surface area contributed by atoms with Gasteiger partial charge in [0.15, 0.2) is 10.9 Å². The molecule has 1 aromatic carbocycles. The average Bonchev–Trinajstić information content (AvgIpc) is 3.38. The minimum Gasteiger partial charge on any atom is -1.00 e. The second kappa shape index (κ2) is 11.0. The fourth-order valence-electron chi connectivity index (χ4n) is 3.42. The number of aromatic amines is 1. The summed E-state index contributed by atoms with van der Waals surface area (Å²) < 4.78 is 35.4. The number of hydrogen-bond acceptors (Lipinski definition) is 7. The molecule has 31 heavy (non-hydrogen) atoms. The van der Waals surface area contributed by atoms with Crippen molar-refractivity contribution in [3.63, 3.8) is 0 Å². The molecule has 8 nitrogen and oxygen atoms in total. The summed E-state index contributed by atoms with van der Waals surface area (Å²) in [5.41, 5.74) is 3.23. The van der Waals surface area contributed by atoms with Crippen molar-refractivity contribution in [1.82, 2.24) is 15.0 Å². The molecule has 2 aromatic heterocycles. The monoisotopic (exact) mass is 455 g/mol. The molecule has 162 valence electrons. The van der Waals surface area contributed by atoms with Crippen LogP contribution in [0.2, 0.25) is 0 Å². The fraction of sp³-hybridized carbons (Fsp3) is 0.429. The van der Waals surface area contributed by atoms with Crippen LogP contribution in [0.3, 0.4) is 0 Å². The number of methoxy groups -OCH3 is 1. The molecule has 1 aliphatic rings. The average molecular weight is 456 g/mol. The summed E-state index contributed by atoms with van der Waals surface area (Å²) in [6, 6.07) is 9.43. The fourth-order valence-corrected chi connectivity index (χ4v) is 4.52. The van der Waals surface area contributed by atoms with Crippen molar-refractivity contribution in [1.29, 1.82) is 0 Å². The van der Waals surface area contributed by atoms with Gasteiger partial charge in [0.25, 0.3) is 0 Å². The number of rotatable bonds is 9. The first-order valence-electron chi connectivity index (χ1n) is 9.77. The second-order valence-electron chi connectivity index (χ2n) is 7.07. The summed E-state index contributed by atoms with van der Waals surface area (Å²) in [5, 5.41) is 0.445. The van der Waals surface area contributed by atoms with E-state index in [0.717, 1.165) is 16.6 Å². The van der Waals surface area contributed by atoms with E-state index in [4.69, 9.17) is 18.9 Å². The molecule has 1 atom stereocenters. The van der Waals surface area contributed by atoms with E-state index >= 15 is 0 Å². The Morgan fingerprint density at radius 3 is 2.77 bits per heavy atom. The summed E-state index contributed by atoms with van der Waals surface area (Å²) >= 11 is 0. The van der Waals surface area contributed by atoms with Gasteiger partial charge >= 0.3 is 29.6 Å². The molecule has 0 radical (unpaired) electrons. The van der Waals surface area contributed by atoms with Gasteiger partial charge in [-0.25, -0.2) is 4.98 Å². The quantitative estimate of drug-likeness (QED) is 0.449. The largest absolute Gasteiger partial charge is 1.00 e. The number of nitrogens with zero attached hydrogens (tertiary/aromatic N) is 2. The van der Waals surface area contributed by atoms with Gasteiger partial charge in [0.1, 0.15) is 12.4 Å². The number of imidazole rings is 1. The molecule has 4 rings (SSSR count). The first kappa shape index (κ1) is 24.3. The molecule has 0 aliphatic carbocycles. The summed E-state index contributed by atoms with van der Waals surface area (Å²) in [6.45, 7) is 3.78. The number of hydrogen-bond donors (Lipinski definition) is 1. The van der Waals surface area contributed by atoms with Crippen LogP contribution in [0.15, 0.2) is 41.7 Å². The predicted molar refractivity (Wildman–Crippen MR) is 113 cm³/mol. The summed E-state index contributed by atoms with van der Waals surface area (Å²) in [4.78, 5) is 11.9. The van der Waals surface area contributed by atoms with Crippen LogP contribution < -0.4 is 34.3 Å². The normalized spacial score (nSPS) is 16.2. The number of ether oxygens (including phenoxy) is 4. The van der Waals surface area contributed by atoms with Crippen LogP contribution in [-0.2, 0) is 30.8 Å². The number of pyridine rings is 1. The number of nitrogens with one attached hydrogen (secondary N) is 1. The topological polar surface area (TPSA) is 95.6 Å². The van der Waals surface area contributed by atoms with Crippen LogP contribution in [0, 0.1) is 6.92 Å². The first-order chi connectivity index (χ1) is 14.6. The Kier molecular flexibility index (Phi) is 8.63. The van der Waals surface area contributed by atoms with E-state index < -0.39 is 16.6 Å². The molecule has 3 heterocycles. The number of aromatic nitrogens is 3. The molecular formula is C21H26N3NaO5S. The van der Waals surface area contributed by atoms with Crippen LogP contribution in [0.5, 0.6) is 5.75 Å². The predicted octanol–water partition coefficient (Wildman–Crippen LogP) is -0.151. The Morgan fingerprint density at radius 2 is 2.03 bits per heavy atom. The summed E-state index contributed by atoms with van der Waals surface area (Å²) in [6.07, 6.45) is 2.21. The Morgan fingerprint density at radius 1 is 1.26 bits per heavy atom. The standard InChI is InChI=1S/C21H25N3O5S.Na.H/c1-15-18(13-30(25)20-23-16-5-3-4-6-17(16)24-20)22-9-7-19(15)27-10-8-21(14-26-2)28-11-12-29-21;;/h3-7,9H,8,10-14H2,1-2H3,(H,23,24);;/q;+1;-1. The SMILES string of the molecule is COCC1(CCOc2ccnc(CS(=O)c3nc4ccccc4[nH]3)c2C)OCCO1.[H-].[Na+]. The number of para-hydroxylation sites is 2. The van der Waals surface area contributed by atoms with E-state index in [1.807, 2.05) is 37.3 Å². The third kappa shape index (κ3) is 5.73. The zero-order chi connectivity index (χ0) is 21.0. The maximum absolute atomic E-state index is 12.8. The smallest absolute Gasteiger partial charge is 1.00 e. The van der Waals surface area contributed by atoms with Gasteiger partial charge in [0.2, 0.25) is 0 Å². The molecule has 1 N–H and O–H groups in total. The molecule has 1 unspecified atom stereocenters. The summed E-state index contributed by atoms with van der Waals surface area (Å²) in [7, 11) is 0.276. The third-order valence-corrected chi connectivity index (χ3v) is 6.19. The van der Waals surface area contributed by atoms with Crippen molar-refractivity contribution in [2.24, 2.45) is 0 Å². The minimum atomic E-state index is -1.34. The molecule has 3 aromatic rings. The zero-order valence-electron chi connectivity index (χ0n) is 19.1. The molecule has 0 spiro atoms. The van der Waals surface area contributed by atoms with Crippen LogP contribution >= 0.6 is 0 Å². The van der Waals surface area contributed by atoms with Gasteiger partial charge in [-0.1, -0.05) is 12.1 Å². The first-order valence-corrected chi connectivity index (χ1v) is 11.1. The molecule has 10 heteroatoms. The van der Waals surface area contributed by atoms with Crippen LogP contribution in [0.25, 0.3) is 11.0 Å². The van der Waals surface area contributed by atoms with Crippen molar-refractivity contribution < 1.29 is 54.1 Å². The van der Waals surface area contributed by atoms with Gasteiger partial charge in [-0.3, -0.25) is 9.19 Å². The van der Waals surface area contributed by atoms with Gasteiger partial charge in [-0.05, 0) is 25.1 Å². The molecule has 0 amide bonds. The van der Waals surface area contributed by atoms with Gasteiger partial charge < -0.3 is 25.4 Å². The Hall–Kier alpha value is -1.33. The van der Waals surface area contributed by atoms with Crippen LogP contribution in [-0.4, -0.2) is 58.5 Å². The molecular weight excluding hydrogens is 429 g/mol. The van der Waals surface area contributed by atoms with Gasteiger partial charge in [0, 0.05) is 25.3 Å². The van der Waals surface area contributed by atoms with Gasteiger partial charge in [0.05, 0.1) is 53.1 Å². The maximum atomic E-state index is 12.8. The Balaban J connectivity index is 0.00000181. The number of H-pyrrole nitrogens is 1. The van der Waals surface area contributed by atoms with E-state index in [0.29, 0.717) is 49.4 Å². The number of benzene rings is 1. The van der Waals surface area contributed by atoms with Crippen LogP contribution in [0.1, 0.15) is 19.1 Å². The third-order valence-electron chi connectivity index (χ3n) is 5.03. The van der Waals surface area contributed by atoms with Crippen molar-refractivity contribution in [3.8, 4) is 5.75 Å². The van der Waals surface area contributed by atoms with E-state index in [2.05, 4.69) is 15.0 Å². The van der Waals surface area contributed by atoms with Crippen molar-refractivity contribution in [2.75, 3.05) is 33.5 Å². The maximum Gasteiger partial charge on any atom is 1.00 e. The second-order valence-corrected chi connectivity index (χ2v) is 8.44.